The van der Waals surface area contributed by atoms with Crippen molar-refractivity contribution in [3.63, 3.8) is 0 Å². The van der Waals surface area contributed by atoms with Gasteiger partial charge >= 0.3 is 0 Å². The van der Waals surface area contributed by atoms with Gasteiger partial charge in [0.15, 0.2) is 6.29 Å². The number of rotatable bonds is 37. The highest BCUT2D eigenvalue weighted by atomic mass is 16.7. The number of nitrogens with one attached hydrogen (secondary N) is 1. The number of allylic oxidation sites excluding steroid dienone is 3. The van der Waals surface area contributed by atoms with Crippen molar-refractivity contribution in [2.24, 2.45) is 0 Å². The number of amides is 1. The number of aliphatic hydroxyl groups excluding tert-OH is 6. The molecular formula is C45H85NO9. The second kappa shape index (κ2) is 35.8. The summed E-state index contributed by atoms with van der Waals surface area (Å²) in [5.74, 6) is -0.622. The second-order valence-electron chi connectivity index (χ2n) is 16.0. The molecule has 1 amide bonds. The van der Waals surface area contributed by atoms with Crippen LogP contribution in [0.3, 0.4) is 0 Å². The number of aliphatic hydroxyl groups is 6. The first-order valence-electron chi connectivity index (χ1n) is 22.7. The Morgan fingerprint density at radius 3 is 1.53 bits per heavy atom. The summed E-state index contributed by atoms with van der Waals surface area (Å²) in [6, 6.07) is -0.979. The van der Waals surface area contributed by atoms with E-state index in [1.807, 2.05) is 6.08 Å². The van der Waals surface area contributed by atoms with Crippen LogP contribution in [0.4, 0.5) is 0 Å². The van der Waals surface area contributed by atoms with Gasteiger partial charge in [0.05, 0.1) is 25.4 Å². The Labute approximate surface area is 335 Å². The maximum absolute atomic E-state index is 13.0. The number of unbranched alkanes of at least 4 members (excludes halogenated alkanes) is 24. The maximum Gasteiger partial charge on any atom is 0.249 e. The van der Waals surface area contributed by atoms with Crippen molar-refractivity contribution in [3.05, 3.63) is 24.3 Å². The SMILES string of the molecule is CCCCCCCCCC/C=C\CCCCCCCCC(O)C(=O)NC(COC1OC(CO)C(O)C(O)C1O)C(O)/C=C/CCCCCCCCCCCC. The standard InChI is InChI=1S/C45H85NO9/c1-3-5-7-9-11-13-15-17-18-19-20-21-22-24-26-28-30-32-34-39(49)44(53)46-37(36-54-45-43(52)42(51)41(50)40(35-47)55-45)38(48)33-31-29-27-25-23-16-14-12-10-8-6-4-2/h19-20,31,33,37-43,45,47-52H,3-18,21-30,32,34-36H2,1-2H3,(H,46,53)/b20-19-,33-31+. The molecule has 10 heteroatoms. The van der Waals surface area contributed by atoms with Crippen LogP contribution in [0.2, 0.25) is 0 Å². The van der Waals surface area contributed by atoms with Gasteiger partial charge in [0, 0.05) is 0 Å². The molecule has 8 unspecified atom stereocenters. The highest BCUT2D eigenvalue weighted by molar-refractivity contribution is 5.80. The first kappa shape index (κ1) is 51.6. The third-order valence-electron chi connectivity index (χ3n) is 10.9. The van der Waals surface area contributed by atoms with Crippen molar-refractivity contribution in [3.8, 4) is 0 Å². The highest BCUT2D eigenvalue weighted by Gasteiger charge is 2.44. The van der Waals surface area contributed by atoms with Gasteiger partial charge in [0.1, 0.15) is 30.5 Å². The highest BCUT2D eigenvalue weighted by Crippen LogP contribution is 2.22. The Hall–Kier alpha value is -1.37. The van der Waals surface area contributed by atoms with Gasteiger partial charge in [-0.1, -0.05) is 173 Å². The van der Waals surface area contributed by atoms with E-state index in [2.05, 4.69) is 31.3 Å². The lowest BCUT2D eigenvalue weighted by molar-refractivity contribution is -0.302. The lowest BCUT2D eigenvalue weighted by Crippen LogP contribution is -2.60. The zero-order valence-electron chi connectivity index (χ0n) is 35.0. The fourth-order valence-electron chi connectivity index (χ4n) is 7.10. The molecule has 8 atom stereocenters. The molecular weight excluding hydrogens is 698 g/mol. The van der Waals surface area contributed by atoms with Gasteiger partial charge in [-0.15, -0.1) is 0 Å². The molecule has 7 N–H and O–H groups in total. The summed E-state index contributed by atoms with van der Waals surface area (Å²) in [4.78, 5) is 13.0. The van der Waals surface area contributed by atoms with Crippen LogP contribution in [-0.4, -0.2) is 98.7 Å². The molecule has 1 aliphatic heterocycles. The molecule has 10 nitrogen and oxygen atoms in total. The normalized spacial score (nSPS) is 22.1. The number of hydrogen-bond acceptors (Lipinski definition) is 9. The molecule has 0 aliphatic carbocycles. The molecule has 0 spiro atoms. The van der Waals surface area contributed by atoms with Crippen molar-refractivity contribution >= 4 is 5.91 Å². The molecule has 1 rings (SSSR count). The molecule has 0 bridgehead atoms. The number of carbonyl (C=O) groups excluding carboxylic acids is 1. The zero-order chi connectivity index (χ0) is 40.4. The van der Waals surface area contributed by atoms with E-state index in [9.17, 15) is 35.4 Å². The second-order valence-corrected chi connectivity index (χ2v) is 16.0. The van der Waals surface area contributed by atoms with Crippen LogP contribution in [0.5, 0.6) is 0 Å². The fourth-order valence-corrected chi connectivity index (χ4v) is 7.10. The Morgan fingerprint density at radius 2 is 1.05 bits per heavy atom. The van der Waals surface area contributed by atoms with Gasteiger partial charge in [-0.05, 0) is 44.9 Å². The molecule has 0 aromatic rings. The summed E-state index contributed by atoms with van der Waals surface area (Å²) in [5, 5.41) is 64.5. The first-order valence-corrected chi connectivity index (χ1v) is 22.7. The van der Waals surface area contributed by atoms with Crippen LogP contribution in [0.1, 0.15) is 194 Å². The van der Waals surface area contributed by atoms with E-state index in [4.69, 9.17) is 9.47 Å². The Morgan fingerprint density at radius 1 is 0.618 bits per heavy atom. The minimum atomic E-state index is -1.61. The quantitative estimate of drug-likeness (QED) is 0.0243. The lowest BCUT2D eigenvalue weighted by atomic mass is 9.99. The van der Waals surface area contributed by atoms with Gasteiger partial charge in [-0.25, -0.2) is 0 Å². The smallest absolute Gasteiger partial charge is 0.249 e. The predicted octanol–water partition coefficient (Wildman–Crippen LogP) is 8.08. The summed E-state index contributed by atoms with van der Waals surface area (Å²) >= 11 is 0. The van der Waals surface area contributed by atoms with Crippen molar-refractivity contribution in [2.45, 2.75) is 243 Å². The van der Waals surface area contributed by atoms with E-state index < -0.39 is 61.5 Å². The monoisotopic (exact) mass is 784 g/mol. The van der Waals surface area contributed by atoms with Crippen LogP contribution in [0, 0.1) is 0 Å². The van der Waals surface area contributed by atoms with Crippen molar-refractivity contribution < 1.29 is 44.9 Å². The molecule has 0 aromatic carbocycles. The van der Waals surface area contributed by atoms with Crippen LogP contribution >= 0.6 is 0 Å². The van der Waals surface area contributed by atoms with E-state index in [0.717, 1.165) is 44.9 Å². The molecule has 1 saturated heterocycles. The van der Waals surface area contributed by atoms with Crippen LogP contribution < -0.4 is 5.32 Å². The summed E-state index contributed by atoms with van der Waals surface area (Å²) in [6.07, 6.45) is 31.2. The minimum Gasteiger partial charge on any atom is -0.394 e. The van der Waals surface area contributed by atoms with E-state index in [0.29, 0.717) is 12.8 Å². The number of hydrogen-bond donors (Lipinski definition) is 7. The average molecular weight is 784 g/mol. The minimum absolute atomic E-state index is 0.304. The molecule has 1 fully saturated rings. The largest absolute Gasteiger partial charge is 0.394 e. The number of carbonyl (C=O) groups is 1. The predicted molar refractivity (Wildman–Crippen MR) is 223 cm³/mol. The number of ether oxygens (including phenoxy) is 2. The molecule has 324 valence electrons. The molecule has 0 radical (unpaired) electrons. The first-order chi connectivity index (χ1) is 26.8. The van der Waals surface area contributed by atoms with Crippen molar-refractivity contribution in [2.75, 3.05) is 13.2 Å². The molecule has 1 heterocycles. The summed E-state index contributed by atoms with van der Waals surface area (Å²) in [6.45, 7) is 3.59. The van der Waals surface area contributed by atoms with Crippen molar-refractivity contribution in [1.82, 2.24) is 5.32 Å². The van der Waals surface area contributed by atoms with Gasteiger partial charge in [-0.3, -0.25) is 4.79 Å². The van der Waals surface area contributed by atoms with Crippen LogP contribution in [0.25, 0.3) is 0 Å². The Balaban J connectivity index is 2.41. The zero-order valence-corrected chi connectivity index (χ0v) is 35.0. The molecule has 0 aromatic heterocycles. The topological polar surface area (TPSA) is 169 Å². The molecule has 1 aliphatic rings. The van der Waals surface area contributed by atoms with Gasteiger partial charge < -0.3 is 45.4 Å². The van der Waals surface area contributed by atoms with Crippen molar-refractivity contribution in [1.29, 1.82) is 0 Å². The third-order valence-corrected chi connectivity index (χ3v) is 10.9. The van der Waals surface area contributed by atoms with Gasteiger partial charge in [0.25, 0.3) is 0 Å². The molecule has 0 saturated carbocycles. The van der Waals surface area contributed by atoms with E-state index in [1.54, 1.807) is 6.08 Å². The maximum atomic E-state index is 13.0. The van der Waals surface area contributed by atoms with E-state index in [1.165, 1.54) is 122 Å². The molecule has 55 heavy (non-hydrogen) atoms. The van der Waals surface area contributed by atoms with Crippen LogP contribution in [-0.2, 0) is 14.3 Å². The summed E-state index contributed by atoms with van der Waals surface area (Å²) in [7, 11) is 0. The van der Waals surface area contributed by atoms with Gasteiger partial charge in [-0.2, -0.15) is 0 Å². The van der Waals surface area contributed by atoms with Crippen LogP contribution in [0.15, 0.2) is 24.3 Å². The Bertz CT molecular complexity index is 932. The fraction of sp³-hybridized carbons (Fsp3) is 0.889. The van der Waals surface area contributed by atoms with E-state index in [-0.39, 0.29) is 6.61 Å². The van der Waals surface area contributed by atoms with E-state index >= 15 is 0 Å². The third kappa shape index (κ3) is 26.3. The summed E-state index contributed by atoms with van der Waals surface area (Å²) in [5.41, 5.74) is 0. The summed E-state index contributed by atoms with van der Waals surface area (Å²) < 4.78 is 11.1. The lowest BCUT2D eigenvalue weighted by Gasteiger charge is -2.40. The Kier molecular flexibility index (Phi) is 33.6. The van der Waals surface area contributed by atoms with Gasteiger partial charge in [0.2, 0.25) is 5.91 Å². The average Bonchev–Trinajstić information content (AvgIpc) is 3.18.